The Morgan fingerprint density at radius 3 is 1.82 bits per heavy atom. The molecule has 33 heavy (non-hydrogen) atoms. The van der Waals surface area contributed by atoms with Crippen molar-refractivity contribution >= 4 is 52.0 Å². The molecule has 0 radical (unpaired) electrons. The lowest BCUT2D eigenvalue weighted by atomic mass is 10.1. The molecule has 0 atom stereocenters. The summed E-state index contributed by atoms with van der Waals surface area (Å²) in [5.74, 6) is 13.2. The summed E-state index contributed by atoms with van der Waals surface area (Å²) in [6.45, 7) is 2.08. The highest BCUT2D eigenvalue weighted by atomic mass is 32.2. The van der Waals surface area contributed by atoms with Gasteiger partial charge < -0.3 is 0 Å². The van der Waals surface area contributed by atoms with Crippen molar-refractivity contribution in [2.24, 2.45) is 0 Å². The molecule has 0 unspecified atom stereocenters. The molecule has 2 heterocycles. The van der Waals surface area contributed by atoms with Crippen LogP contribution in [0.15, 0.2) is 97.5 Å². The van der Waals surface area contributed by atoms with Gasteiger partial charge in [-0.1, -0.05) is 107 Å². The van der Waals surface area contributed by atoms with Crippen molar-refractivity contribution in [3.8, 4) is 23.7 Å². The van der Waals surface area contributed by atoms with E-state index in [2.05, 4.69) is 95.4 Å². The summed E-state index contributed by atoms with van der Waals surface area (Å²) in [5, 5.41) is 6.53. The van der Waals surface area contributed by atoms with Gasteiger partial charge in [-0.15, -0.1) is 0 Å². The second-order valence-corrected chi connectivity index (χ2v) is 11.6. The number of rotatable bonds is 1. The van der Waals surface area contributed by atoms with Crippen LogP contribution < -0.4 is 0 Å². The Hall–Kier alpha value is -2.60. The summed E-state index contributed by atoms with van der Waals surface area (Å²) >= 11 is 7.25. The van der Waals surface area contributed by atoms with Crippen molar-refractivity contribution < 1.29 is 0 Å². The molecule has 0 nitrogen and oxygen atoms in total. The number of thioether (sulfide) groups is 4. The second-order valence-electron chi connectivity index (χ2n) is 7.27. The summed E-state index contributed by atoms with van der Waals surface area (Å²) in [4.78, 5) is 1.27. The first-order valence-electron chi connectivity index (χ1n) is 10.3. The molecule has 0 spiro atoms. The van der Waals surface area contributed by atoms with E-state index in [0.717, 1.165) is 22.3 Å². The molecule has 3 aromatic carbocycles. The van der Waals surface area contributed by atoms with Crippen LogP contribution in [0.3, 0.4) is 0 Å². The molecular formula is C29H18S4. The van der Waals surface area contributed by atoms with Crippen LogP contribution in [0.5, 0.6) is 0 Å². The van der Waals surface area contributed by atoms with Gasteiger partial charge in [-0.05, 0) is 65.6 Å². The van der Waals surface area contributed by atoms with E-state index in [1.54, 1.807) is 23.5 Å². The third kappa shape index (κ3) is 5.67. The zero-order chi connectivity index (χ0) is 22.5. The van der Waals surface area contributed by atoms with Crippen molar-refractivity contribution in [1.82, 2.24) is 0 Å². The predicted molar refractivity (Wildman–Crippen MR) is 151 cm³/mol. The van der Waals surface area contributed by atoms with E-state index in [0.29, 0.717) is 0 Å². The van der Waals surface area contributed by atoms with Crippen molar-refractivity contribution in [3.05, 3.63) is 131 Å². The molecule has 2 aliphatic rings. The van der Waals surface area contributed by atoms with Crippen LogP contribution in [0.1, 0.15) is 33.4 Å². The molecule has 0 bridgehead atoms. The molecule has 0 N–H and O–H groups in total. The second kappa shape index (κ2) is 10.6. The molecule has 2 aliphatic heterocycles. The van der Waals surface area contributed by atoms with Crippen LogP contribution in [0.2, 0.25) is 0 Å². The lowest BCUT2D eigenvalue weighted by Crippen LogP contribution is -1.85. The van der Waals surface area contributed by atoms with E-state index in [1.807, 2.05) is 47.8 Å². The quantitative estimate of drug-likeness (QED) is 0.310. The van der Waals surface area contributed by atoms with Gasteiger partial charge in [0.1, 0.15) is 0 Å². The molecule has 158 valence electrons. The fourth-order valence-electron chi connectivity index (χ4n) is 3.13. The van der Waals surface area contributed by atoms with Crippen LogP contribution in [0.25, 0.3) is 4.91 Å². The van der Waals surface area contributed by atoms with Crippen molar-refractivity contribution in [3.63, 3.8) is 0 Å². The number of hydrogen-bond acceptors (Lipinski definition) is 4. The van der Waals surface area contributed by atoms with Crippen LogP contribution in [0.4, 0.5) is 0 Å². The number of benzene rings is 3. The van der Waals surface area contributed by atoms with Crippen LogP contribution in [0, 0.1) is 30.6 Å². The molecule has 0 aliphatic carbocycles. The average Bonchev–Trinajstić information content (AvgIpc) is 3.56. The van der Waals surface area contributed by atoms with Gasteiger partial charge in [-0.3, -0.25) is 0 Å². The minimum absolute atomic E-state index is 0.987. The van der Waals surface area contributed by atoms with Gasteiger partial charge in [0, 0.05) is 32.7 Å². The highest BCUT2D eigenvalue weighted by molar-refractivity contribution is 8.35. The molecule has 0 fully saturated rings. The Bertz CT molecular complexity index is 1390. The van der Waals surface area contributed by atoms with E-state index in [4.69, 9.17) is 0 Å². The maximum Gasteiger partial charge on any atom is 0.0700 e. The Kier molecular flexibility index (Phi) is 7.10. The molecule has 5 rings (SSSR count). The SMILES string of the molecule is Cc1ccc(C#Cc2ccc(C#Cc3ccccc3C3=CSC(=C4SC=CS4)S3)cc2)cc1. The Labute approximate surface area is 212 Å². The van der Waals surface area contributed by atoms with Crippen molar-refractivity contribution in [2.75, 3.05) is 0 Å². The molecule has 0 saturated heterocycles. The normalized spacial score (nSPS) is 14.4. The van der Waals surface area contributed by atoms with Gasteiger partial charge in [0.15, 0.2) is 0 Å². The monoisotopic (exact) mass is 494 g/mol. The average molecular weight is 495 g/mol. The van der Waals surface area contributed by atoms with Crippen LogP contribution in [-0.4, -0.2) is 0 Å². The minimum Gasteiger partial charge on any atom is -0.0884 e. The lowest BCUT2D eigenvalue weighted by Gasteiger charge is -2.05. The molecule has 3 aromatic rings. The van der Waals surface area contributed by atoms with Gasteiger partial charge in [-0.25, -0.2) is 0 Å². The summed E-state index contributed by atoms with van der Waals surface area (Å²) < 4.78 is 2.72. The summed E-state index contributed by atoms with van der Waals surface area (Å²) in [7, 11) is 0. The first kappa shape index (κ1) is 22.2. The number of hydrogen-bond donors (Lipinski definition) is 0. The van der Waals surface area contributed by atoms with Gasteiger partial charge in [0.25, 0.3) is 0 Å². The van der Waals surface area contributed by atoms with Gasteiger partial charge in [-0.2, -0.15) is 0 Å². The van der Waals surface area contributed by atoms with Crippen molar-refractivity contribution in [2.45, 2.75) is 6.92 Å². The maximum absolute atomic E-state index is 3.39. The van der Waals surface area contributed by atoms with Gasteiger partial charge >= 0.3 is 0 Å². The largest absolute Gasteiger partial charge is 0.0884 e. The molecule has 0 aromatic heterocycles. The number of aryl methyl sites for hydroxylation is 1. The van der Waals surface area contributed by atoms with E-state index in [-0.39, 0.29) is 0 Å². The van der Waals surface area contributed by atoms with Crippen LogP contribution in [-0.2, 0) is 0 Å². The predicted octanol–water partition coefficient (Wildman–Crippen LogP) is 8.65. The Morgan fingerprint density at radius 1 is 0.576 bits per heavy atom. The van der Waals surface area contributed by atoms with Gasteiger partial charge in [0.2, 0.25) is 0 Å². The standard InChI is InChI=1S/C29H18S4/c1-21-6-8-22(9-7-21)10-11-23-12-14-24(15-13-23)16-17-25-4-2-3-5-26(25)27-20-32-29(33-27)28-30-18-19-31-28/h2-9,12-15,18-20H,1H3. The fourth-order valence-corrected chi connectivity index (χ4v) is 7.64. The minimum atomic E-state index is 0.987. The van der Waals surface area contributed by atoms with E-state index < -0.39 is 0 Å². The molecular weight excluding hydrogens is 477 g/mol. The lowest BCUT2D eigenvalue weighted by molar-refractivity contribution is 1.46. The first-order valence-corrected chi connectivity index (χ1v) is 13.8. The van der Waals surface area contributed by atoms with E-state index >= 15 is 0 Å². The van der Waals surface area contributed by atoms with E-state index in [9.17, 15) is 0 Å². The summed E-state index contributed by atoms with van der Waals surface area (Å²) in [5.41, 5.74) is 6.49. The highest BCUT2D eigenvalue weighted by Gasteiger charge is 2.20. The molecule has 4 heteroatoms. The maximum atomic E-state index is 3.39. The third-order valence-electron chi connectivity index (χ3n) is 4.87. The smallest absolute Gasteiger partial charge is 0.0700 e. The fraction of sp³-hybridized carbons (Fsp3) is 0.0345. The Balaban J connectivity index is 1.32. The van der Waals surface area contributed by atoms with Gasteiger partial charge in [0.05, 0.1) is 8.47 Å². The summed E-state index contributed by atoms with van der Waals surface area (Å²) in [6, 6.07) is 24.8. The highest BCUT2D eigenvalue weighted by Crippen LogP contribution is 2.55. The molecule has 0 amide bonds. The first-order chi connectivity index (χ1) is 16.2. The zero-order valence-electron chi connectivity index (χ0n) is 17.8. The molecule has 0 saturated carbocycles. The third-order valence-corrected chi connectivity index (χ3v) is 9.92. The topological polar surface area (TPSA) is 0 Å². The Morgan fingerprint density at radius 2 is 1.15 bits per heavy atom. The zero-order valence-corrected chi connectivity index (χ0v) is 21.1. The summed E-state index contributed by atoms with van der Waals surface area (Å²) in [6.07, 6.45) is 0. The van der Waals surface area contributed by atoms with Crippen LogP contribution >= 0.6 is 47.0 Å². The van der Waals surface area contributed by atoms with Crippen molar-refractivity contribution in [1.29, 1.82) is 0 Å². The van der Waals surface area contributed by atoms with E-state index in [1.165, 1.54) is 24.5 Å².